The van der Waals surface area contributed by atoms with E-state index in [0.717, 1.165) is 38.5 Å². The van der Waals surface area contributed by atoms with Crippen LogP contribution in [0.4, 0.5) is 0 Å². The van der Waals surface area contributed by atoms with Crippen LogP contribution in [-0.4, -0.2) is 24.9 Å². The first-order chi connectivity index (χ1) is 21.7. The molecule has 6 rings (SSSR count). The highest BCUT2D eigenvalue weighted by atomic mass is 16.2. The average molecular weight is 629 g/mol. The third-order valence-corrected chi connectivity index (χ3v) is 14.9. The van der Waals surface area contributed by atoms with Gasteiger partial charge in [0.2, 0.25) is 11.8 Å². The van der Waals surface area contributed by atoms with Gasteiger partial charge in [-0.25, -0.2) is 0 Å². The van der Waals surface area contributed by atoms with Crippen LogP contribution in [0.5, 0.6) is 0 Å². The Morgan fingerprint density at radius 1 is 0.674 bits per heavy atom. The van der Waals surface area contributed by atoms with E-state index in [-0.39, 0.29) is 33.5 Å². The zero-order valence-corrected chi connectivity index (χ0v) is 30.5. The Morgan fingerprint density at radius 3 is 1.43 bits per heavy atom. The molecule has 0 bridgehead atoms. The smallest absolute Gasteiger partial charge is 0.226 e. The number of hydrogen-bond donors (Lipinski definition) is 2. The summed E-state index contributed by atoms with van der Waals surface area (Å²) >= 11 is 0. The van der Waals surface area contributed by atoms with Crippen LogP contribution in [0.1, 0.15) is 132 Å². The molecule has 2 amide bonds. The van der Waals surface area contributed by atoms with Crippen molar-refractivity contribution < 1.29 is 9.59 Å². The lowest BCUT2D eigenvalue weighted by Gasteiger charge is -2.58. The largest absolute Gasteiger partial charge is 0.354 e. The van der Waals surface area contributed by atoms with Gasteiger partial charge in [0.1, 0.15) is 0 Å². The Morgan fingerprint density at radius 2 is 1.07 bits per heavy atom. The highest BCUT2D eigenvalue weighted by molar-refractivity contribution is 5.84. The van der Waals surface area contributed by atoms with Crippen LogP contribution in [0.2, 0.25) is 0 Å². The molecule has 2 saturated carbocycles. The van der Waals surface area contributed by atoms with E-state index in [0.29, 0.717) is 48.6 Å². The van der Waals surface area contributed by atoms with E-state index < -0.39 is 0 Å². The van der Waals surface area contributed by atoms with Gasteiger partial charge in [0, 0.05) is 13.1 Å². The van der Waals surface area contributed by atoms with E-state index >= 15 is 0 Å². The summed E-state index contributed by atoms with van der Waals surface area (Å²) in [5.74, 6) is 3.46. The van der Waals surface area contributed by atoms with E-state index in [2.05, 4.69) is 90.3 Å². The molecule has 0 radical (unpaired) electrons. The first-order valence-corrected chi connectivity index (χ1v) is 19.1. The predicted molar refractivity (Wildman–Crippen MR) is 190 cm³/mol. The van der Waals surface area contributed by atoms with Crippen LogP contribution in [0, 0.1) is 57.2 Å². The van der Waals surface area contributed by atoms with Crippen LogP contribution in [0.25, 0.3) is 0 Å². The topological polar surface area (TPSA) is 58.2 Å². The van der Waals surface area contributed by atoms with Gasteiger partial charge in [0.15, 0.2) is 0 Å². The fraction of sp³-hybridized carbons (Fsp3) is 0.762. The number of allylic oxidation sites excluding steroid dienone is 8. The van der Waals surface area contributed by atoms with E-state index in [1.165, 1.54) is 38.5 Å². The van der Waals surface area contributed by atoms with Gasteiger partial charge in [-0.2, -0.15) is 0 Å². The highest BCUT2D eigenvalue weighted by Crippen LogP contribution is 2.63. The molecule has 0 aliphatic heterocycles. The molecule has 8 atom stereocenters. The summed E-state index contributed by atoms with van der Waals surface area (Å²) in [4.78, 5) is 28.0. The van der Waals surface area contributed by atoms with Crippen molar-refractivity contribution >= 4 is 11.8 Å². The second-order valence-corrected chi connectivity index (χ2v) is 18.0. The van der Waals surface area contributed by atoms with Crippen molar-refractivity contribution in [2.45, 2.75) is 132 Å². The summed E-state index contributed by atoms with van der Waals surface area (Å²) in [7, 11) is 0. The summed E-state index contributed by atoms with van der Waals surface area (Å²) in [5, 5.41) is 6.64. The van der Waals surface area contributed by atoms with Gasteiger partial charge >= 0.3 is 0 Å². The van der Waals surface area contributed by atoms with E-state index in [4.69, 9.17) is 0 Å². The van der Waals surface area contributed by atoms with Gasteiger partial charge in [-0.05, 0) is 122 Å². The molecule has 0 aromatic carbocycles. The number of carbonyl (C=O) groups is 2. The first kappa shape index (κ1) is 33.8. The number of fused-ring (bicyclic) bond motifs is 6. The lowest BCUT2D eigenvalue weighted by atomic mass is 9.46. The maximum Gasteiger partial charge on any atom is 0.226 e. The monoisotopic (exact) mass is 628 g/mol. The molecule has 0 unspecified atom stereocenters. The molecule has 4 heteroatoms. The van der Waals surface area contributed by atoms with Gasteiger partial charge in [0.25, 0.3) is 0 Å². The quantitative estimate of drug-likeness (QED) is 0.276. The Balaban J connectivity index is 1.08. The Hall–Kier alpha value is -2.10. The standard InChI is InChI=1S/C42H64N2O2/c1-27(2)29-11-15-33-31(25-29)13-17-35-39(33,5)19-9-21-41(35,7)37(45)43-23-24-44-38(46)42(8)22-10-20-40(6)34-16-12-30(28(3)4)26-32(34)14-18-36(40)42/h13-14,25-28,33-36H,9-12,15-24H2,1-8H3,(H,43,45)(H,44,46)/t33-,34+,35-,36+,39-,40+,41-,42-/m1/s1. The third-order valence-electron chi connectivity index (χ3n) is 14.9. The molecule has 6 aliphatic rings. The summed E-state index contributed by atoms with van der Waals surface area (Å²) in [5.41, 5.74) is 5.86. The lowest BCUT2D eigenvalue weighted by molar-refractivity contribution is -0.145. The minimum absolute atomic E-state index is 0.169. The fourth-order valence-electron chi connectivity index (χ4n) is 12.0. The Bertz CT molecular complexity index is 1250. The van der Waals surface area contributed by atoms with Crippen LogP contribution >= 0.6 is 0 Å². The minimum atomic E-state index is -0.367. The molecular weight excluding hydrogens is 564 g/mol. The van der Waals surface area contributed by atoms with Crippen LogP contribution in [-0.2, 0) is 9.59 Å². The van der Waals surface area contributed by atoms with Crippen molar-refractivity contribution in [2.75, 3.05) is 13.1 Å². The molecule has 254 valence electrons. The Kier molecular flexibility index (Phi) is 9.12. The maximum absolute atomic E-state index is 14.0. The Labute approximate surface area is 280 Å². The van der Waals surface area contributed by atoms with Crippen LogP contribution in [0.3, 0.4) is 0 Å². The normalized spacial score (nSPS) is 40.3. The fourth-order valence-corrected chi connectivity index (χ4v) is 12.0. The highest BCUT2D eigenvalue weighted by Gasteiger charge is 2.58. The van der Waals surface area contributed by atoms with Crippen molar-refractivity contribution in [2.24, 2.45) is 57.2 Å². The zero-order chi connectivity index (χ0) is 33.1. The molecule has 6 aliphatic carbocycles. The van der Waals surface area contributed by atoms with E-state index in [1.807, 2.05) is 0 Å². The van der Waals surface area contributed by atoms with E-state index in [1.54, 1.807) is 22.3 Å². The van der Waals surface area contributed by atoms with Crippen molar-refractivity contribution in [1.29, 1.82) is 0 Å². The number of hydrogen-bond acceptors (Lipinski definition) is 2. The van der Waals surface area contributed by atoms with Gasteiger partial charge < -0.3 is 10.6 Å². The summed E-state index contributed by atoms with van der Waals surface area (Å²) < 4.78 is 0. The third kappa shape index (κ3) is 5.50. The van der Waals surface area contributed by atoms with E-state index in [9.17, 15) is 9.59 Å². The van der Waals surface area contributed by atoms with Crippen LogP contribution < -0.4 is 10.6 Å². The summed E-state index contributed by atoms with van der Waals surface area (Å²) in [6.45, 7) is 19.7. The molecular formula is C42H64N2O2. The SMILES string of the molecule is CC(C)C1=CC2=CC[C@@H]3[C@](C)(CCC[C@@]3(C)C(=O)NCCNC(=O)[C@]3(C)CCC[C@@]4(C)[C@H]5CCC(C(C)C)=CC5=CC[C@@H]43)[C@@H]2CC1. The van der Waals surface area contributed by atoms with Gasteiger partial charge in [0.05, 0.1) is 10.8 Å². The number of nitrogens with one attached hydrogen (secondary N) is 2. The minimum Gasteiger partial charge on any atom is -0.354 e. The molecule has 0 aromatic heterocycles. The summed E-state index contributed by atoms with van der Waals surface area (Å²) in [6.07, 6.45) is 23.3. The molecule has 0 spiro atoms. The molecule has 0 aromatic rings. The number of amides is 2. The van der Waals surface area contributed by atoms with Crippen molar-refractivity contribution in [1.82, 2.24) is 10.6 Å². The van der Waals surface area contributed by atoms with Crippen LogP contribution in [0.15, 0.2) is 46.6 Å². The van der Waals surface area contributed by atoms with Crippen molar-refractivity contribution in [3.05, 3.63) is 46.6 Å². The molecule has 2 fully saturated rings. The second kappa shape index (κ2) is 12.4. The molecule has 0 heterocycles. The van der Waals surface area contributed by atoms with Crippen molar-refractivity contribution in [3.8, 4) is 0 Å². The molecule has 2 N–H and O–H groups in total. The number of rotatable bonds is 7. The molecule has 4 nitrogen and oxygen atoms in total. The van der Waals surface area contributed by atoms with Crippen molar-refractivity contribution in [3.63, 3.8) is 0 Å². The second-order valence-electron chi connectivity index (χ2n) is 18.0. The average Bonchev–Trinajstić information content (AvgIpc) is 3.02. The molecule has 46 heavy (non-hydrogen) atoms. The summed E-state index contributed by atoms with van der Waals surface area (Å²) in [6, 6.07) is 0. The number of carbonyl (C=O) groups excluding carboxylic acids is 2. The predicted octanol–water partition coefficient (Wildman–Crippen LogP) is 9.49. The van der Waals surface area contributed by atoms with Gasteiger partial charge in [-0.1, -0.05) is 104 Å². The first-order valence-electron chi connectivity index (χ1n) is 19.1. The van der Waals surface area contributed by atoms with Gasteiger partial charge in [-0.15, -0.1) is 0 Å². The molecule has 0 saturated heterocycles. The van der Waals surface area contributed by atoms with Gasteiger partial charge in [-0.3, -0.25) is 9.59 Å². The zero-order valence-electron chi connectivity index (χ0n) is 30.5. The maximum atomic E-state index is 14.0. The lowest BCUT2D eigenvalue weighted by Crippen LogP contribution is -2.57.